The maximum absolute atomic E-state index is 14.6. The first-order valence-corrected chi connectivity index (χ1v) is 15.9. The highest BCUT2D eigenvalue weighted by atomic mass is 19.1. The molecule has 7 atom stereocenters. The molecule has 1 aromatic heterocycles. The van der Waals surface area contributed by atoms with Crippen molar-refractivity contribution in [3.05, 3.63) is 70.2 Å². The third-order valence-corrected chi connectivity index (χ3v) is 13.6. The molecule has 5 nitrogen and oxygen atoms in total. The molecule has 4 aliphatic carbocycles. The Labute approximate surface area is 253 Å². The lowest BCUT2D eigenvalue weighted by Gasteiger charge is -2.70. The molecule has 7 rings (SSSR count). The van der Waals surface area contributed by atoms with E-state index in [4.69, 9.17) is 0 Å². The first-order chi connectivity index (χ1) is 20.1. The largest absolute Gasteiger partial charge is 0.504 e. The number of carboxylic acids is 1. The third-order valence-electron chi connectivity index (χ3n) is 13.6. The van der Waals surface area contributed by atoms with Gasteiger partial charge in [0.25, 0.3) is 0 Å². The van der Waals surface area contributed by atoms with Crippen LogP contribution < -0.4 is 0 Å². The number of aromatic amines is 1. The number of benzene rings is 2. The summed E-state index contributed by atoms with van der Waals surface area (Å²) in [5, 5.41) is 33.0. The van der Waals surface area contributed by atoms with Crippen LogP contribution in [0.25, 0.3) is 10.9 Å². The van der Waals surface area contributed by atoms with Crippen molar-refractivity contribution in [1.82, 2.24) is 4.98 Å². The van der Waals surface area contributed by atoms with E-state index < -0.39 is 11.4 Å². The van der Waals surface area contributed by atoms with E-state index in [0.717, 1.165) is 66.1 Å². The highest BCUT2D eigenvalue weighted by Crippen LogP contribution is 2.75. The van der Waals surface area contributed by atoms with E-state index >= 15 is 0 Å². The molecular weight excluding hydrogens is 541 g/mol. The number of allylic oxidation sites excluding steroid dienone is 2. The summed E-state index contributed by atoms with van der Waals surface area (Å²) < 4.78 is 14.6. The van der Waals surface area contributed by atoms with Crippen LogP contribution in [-0.4, -0.2) is 26.3 Å². The summed E-state index contributed by atoms with van der Waals surface area (Å²) in [6.45, 7) is 13.3. The Bertz CT molecular complexity index is 1740. The second kappa shape index (κ2) is 8.67. The zero-order valence-corrected chi connectivity index (χ0v) is 26.2. The van der Waals surface area contributed by atoms with Crippen molar-refractivity contribution in [2.75, 3.05) is 0 Å². The van der Waals surface area contributed by atoms with Crippen LogP contribution in [0.2, 0.25) is 0 Å². The van der Waals surface area contributed by atoms with Gasteiger partial charge in [-0.15, -0.1) is 0 Å². The van der Waals surface area contributed by atoms with Crippen LogP contribution in [0.3, 0.4) is 0 Å². The molecule has 43 heavy (non-hydrogen) atoms. The molecule has 0 amide bonds. The number of carboxylic acid groups (broad SMARTS) is 1. The number of aromatic hydroxyl groups is 2. The summed E-state index contributed by atoms with van der Waals surface area (Å²) in [6.07, 6.45) is 10.6. The van der Waals surface area contributed by atoms with E-state index in [0.29, 0.717) is 12.0 Å². The summed E-state index contributed by atoms with van der Waals surface area (Å²) >= 11 is 0. The summed E-state index contributed by atoms with van der Waals surface area (Å²) in [4.78, 5) is 15.9. The topological polar surface area (TPSA) is 93.5 Å². The molecule has 0 aliphatic heterocycles. The van der Waals surface area contributed by atoms with Gasteiger partial charge >= 0.3 is 5.97 Å². The number of halogens is 1. The van der Waals surface area contributed by atoms with Crippen molar-refractivity contribution in [1.29, 1.82) is 0 Å². The summed E-state index contributed by atoms with van der Waals surface area (Å²) in [5.41, 5.74) is 4.48. The predicted molar refractivity (Wildman–Crippen MR) is 166 cm³/mol. The Hall–Kier alpha value is -3.28. The molecule has 6 heteroatoms. The molecule has 228 valence electrons. The van der Waals surface area contributed by atoms with Crippen molar-refractivity contribution in [3.8, 4) is 11.5 Å². The van der Waals surface area contributed by atoms with Gasteiger partial charge in [0.05, 0.1) is 5.41 Å². The highest BCUT2D eigenvalue weighted by molar-refractivity contribution is 5.85. The van der Waals surface area contributed by atoms with Crippen LogP contribution in [-0.2, 0) is 10.2 Å². The fourth-order valence-electron chi connectivity index (χ4n) is 10.6. The fraction of sp³-hybridized carbons (Fsp3) is 0.541. The van der Waals surface area contributed by atoms with E-state index in [9.17, 15) is 24.5 Å². The maximum Gasteiger partial charge on any atom is 0.309 e. The quantitative estimate of drug-likeness (QED) is 0.179. The van der Waals surface area contributed by atoms with Gasteiger partial charge in [-0.05, 0) is 127 Å². The Morgan fingerprint density at radius 3 is 2.42 bits per heavy atom. The van der Waals surface area contributed by atoms with Crippen LogP contribution in [0, 0.1) is 40.3 Å². The van der Waals surface area contributed by atoms with E-state index in [-0.39, 0.29) is 50.8 Å². The Balaban J connectivity index is 1.47. The van der Waals surface area contributed by atoms with Crippen molar-refractivity contribution in [3.63, 3.8) is 0 Å². The molecule has 0 bridgehead atoms. The van der Waals surface area contributed by atoms with E-state index in [1.54, 1.807) is 18.2 Å². The monoisotopic (exact) mass is 585 g/mol. The maximum atomic E-state index is 14.6. The fourth-order valence-corrected chi connectivity index (χ4v) is 10.6. The number of carbonyl (C=O) groups is 1. The lowest BCUT2D eigenvalue weighted by atomic mass is 9.34. The van der Waals surface area contributed by atoms with Crippen molar-refractivity contribution in [2.24, 2.45) is 27.6 Å². The Kier molecular flexibility index (Phi) is 5.74. The third kappa shape index (κ3) is 3.52. The smallest absolute Gasteiger partial charge is 0.309 e. The van der Waals surface area contributed by atoms with Crippen LogP contribution in [0.15, 0.2) is 42.1 Å². The normalized spacial score (nSPS) is 38.4. The minimum absolute atomic E-state index is 0.0957. The molecular formula is C37H44FNO4. The van der Waals surface area contributed by atoms with E-state index in [2.05, 4.69) is 38.8 Å². The number of hydrogen-bond donors (Lipinski definition) is 4. The number of rotatable bonds is 2. The Morgan fingerprint density at radius 2 is 1.70 bits per heavy atom. The minimum atomic E-state index is -0.725. The van der Waals surface area contributed by atoms with E-state index in [1.807, 2.05) is 20.0 Å². The molecule has 0 saturated heterocycles. The number of fused-ring (bicyclic) bond motifs is 8. The predicted octanol–water partition coefficient (Wildman–Crippen LogP) is 8.85. The van der Waals surface area contributed by atoms with Gasteiger partial charge in [-0.25, -0.2) is 4.39 Å². The number of phenols is 2. The number of aliphatic carboxylic acids is 1. The highest BCUT2D eigenvalue weighted by Gasteiger charge is 2.67. The molecule has 2 aromatic carbocycles. The molecule has 3 saturated carbocycles. The summed E-state index contributed by atoms with van der Waals surface area (Å²) in [7, 11) is 0. The van der Waals surface area contributed by atoms with Gasteiger partial charge in [-0.1, -0.05) is 39.3 Å². The van der Waals surface area contributed by atoms with Crippen LogP contribution in [0.5, 0.6) is 11.5 Å². The van der Waals surface area contributed by atoms with Crippen LogP contribution >= 0.6 is 0 Å². The second-order valence-corrected chi connectivity index (χ2v) is 15.7. The standard InChI is InChI=1S/C37H44FNO4/c1-20-30-23(24-19-39-26-8-7-21(38)15-22(24)26)16-28-35(4,25(30)17-27(40)31(20)41)12-14-37(6)29-18-34(3,32(42)43)10-9-33(29,2)11-13-36(28,37)5/h7-8,15-17,19,23,29,39-41H,9-14,18H2,1-6H3,(H,42,43)/t23-,29+,33+,34+,35-,36+,37-/m0/s1. The van der Waals surface area contributed by atoms with E-state index in [1.165, 1.54) is 11.6 Å². The number of phenolic OH excluding ortho intramolecular Hbond substituents is 2. The van der Waals surface area contributed by atoms with Crippen LogP contribution in [0.4, 0.5) is 4.39 Å². The first kappa shape index (κ1) is 28.5. The van der Waals surface area contributed by atoms with Gasteiger partial charge in [0, 0.05) is 28.4 Å². The zero-order chi connectivity index (χ0) is 30.9. The lowest BCUT2D eigenvalue weighted by Crippen LogP contribution is -2.62. The molecule has 3 aromatic rings. The molecule has 4 aliphatic rings. The van der Waals surface area contributed by atoms with Crippen molar-refractivity contribution in [2.45, 2.75) is 97.8 Å². The van der Waals surface area contributed by atoms with Crippen molar-refractivity contribution >= 4 is 16.9 Å². The Morgan fingerprint density at radius 1 is 0.977 bits per heavy atom. The molecule has 0 spiro atoms. The SMILES string of the molecule is Cc1c(O)c(O)cc2c1[C@H](c1c[nH]c3ccc(F)cc13)C=C1[C@@]2(C)CC[C@@]2(C)[C@@H]3C[C@](C)(C(=O)O)CC[C@]3(C)CC[C@]12C. The average Bonchev–Trinajstić information content (AvgIpc) is 3.37. The van der Waals surface area contributed by atoms with Gasteiger partial charge in [0.1, 0.15) is 5.82 Å². The van der Waals surface area contributed by atoms with Crippen LogP contribution in [0.1, 0.15) is 108 Å². The minimum Gasteiger partial charge on any atom is -0.504 e. The molecule has 0 unspecified atom stereocenters. The number of hydrogen-bond acceptors (Lipinski definition) is 3. The first-order valence-electron chi connectivity index (χ1n) is 15.9. The van der Waals surface area contributed by atoms with Gasteiger partial charge in [0.2, 0.25) is 0 Å². The number of aromatic nitrogens is 1. The summed E-state index contributed by atoms with van der Waals surface area (Å²) in [6, 6.07) is 6.58. The molecule has 3 fully saturated rings. The zero-order valence-electron chi connectivity index (χ0n) is 26.2. The van der Waals surface area contributed by atoms with Gasteiger partial charge in [-0.3, -0.25) is 4.79 Å². The van der Waals surface area contributed by atoms with Crippen molar-refractivity contribution < 1.29 is 24.5 Å². The molecule has 0 radical (unpaired) electrons. The second-order valence-electron chi connectivity index (χ2n) is 15.7. The van der Waals surface area contributed by atoms with Gasteiger partial charge in [-0.2, -0.15) is 0 Å². The summed E-state index contributed by atoms with van der Waals surface area (Å²) in [5.74, 6) is -1.18. The molecule has 1 heterocycles. The number of nitrogens with one attached hydrogen (secondary N) is 1. The number of H-pyrrole nitrogens is 1. The molecule has 4 N–H and O–H groups in total. The van der Waals surface area contributed by atoms with Gasteiger partial charge in [0.15, 0.2) is 11.5 Å². The van der Waals surface area contributed by atoms with Gasteiger partial charge < -0.3 is 20.3 Å². The lowest BCUT2D eigenvalue weighted by molar-refractivity contribution is -0.177. The average molecular weight is 586 g/mol.